The van der Waals surface area contributed by atoms with Gasteiger partial charge in [-0.2, -0.15) is 0 Å². The third kappa shape index (κ3) is 2.58. The smallest absolute Gasteiger partial charge is 0.141 e. The van der Waals surface area contributed by atoms with Gasteiger partial charge in [-0.05, 0) is 30.3 Å². The van der Waals surface area contributed by atoms with E-state index >= 15 is 0 Å². The first-order chi connectivity index (χ1) is 7.75. The van der Waals surface area contributed by atoms with Gasteiger partial charge in [0.25, 0.3) is 0 Å². The number of aromatic nitrogens is 1. The van der Waals surface area contributed by atoms with Crippen LogP contribution in [0.5, 0.6) is 5.75 Å². The molecular weight excluding hydrogens is 224 g/mol. The molecule has 1 aromatic heterocycles. The predicted molar refractivity (Wildman–Crippen MR) is 64.6 cm³/mol. The minimum absolute atomic E-state index is 0.0941. The molecule has 0 aliphatic carbocycles. The average molecular weight is 233 g/mol. The fourth-order valence-electron chi connectivity index (χ4n) is 1.19. The van der Waals surface area contributed by atoms with Crippen LogP contribution in [0.2, 0.25) is 5.02 Å². The van der Waals surface area contributed by atoms with E-state index in [9.17, 15) is 5.11 Å². The van der Waals surface area contributed by atoms with Crippen molar-refractivity contribution in [3.05, 3.63) is 53.3 Å². The molecule has 1 heterocycles. The van der Waals surface area contributed by atoms with Gasteiger partial charge in [0.05, 0.1) is 11.9 Å². The molecule has 0 saturated carbocycles. The Labute approximate surface area is 98.1 Å². The summed E-state index contributed by atoms with van der Waals surface area (Å²) >= 11 is 5.80. The maximum absolute atomic E-state index is 9.52. The van der Waals surface area contributed by atoms with Gasteiger partial charge < -0.3 is 5.11 Å². The largest absolute Gasteiger partial charge is 0.506 e. The summed E-state index contributed by atoms with van der Waals surface area (Å²) in [5.74, 6) is 0.0941. The monoisotopic (exact) mass is 232 g/mol. The lowest BCUT2D eigenvalue weighted by atomic mass is 10.3. The van der Waals surface area contributed by atoms with Crippen molar-refractivity contribution < 1.29 is 5.11 Å². The zero-order valence-electron chi connectivity index (χ0n) is 8.34. The number of phenols is 1. The van der Waals surface area contributed by atoms with E-state index in [1.165, 1.54) is 6.07 Å². The average Bonchev–Trinajstić information content (AvgIpc) is 2.32. The summed E-state index contributed by atoms with van der Waals surface area (Å²) < 4.78 is 0. The molecule has 80 valence electrons. The first-order valence-corrected chi connectivity index (χ1v) is 5.07. The molecule has 0 fully saturated rings. The molecule has 4 heteroatoms. The molecule has 0 radical (unpaired) electrons. The van der Waals surface area contributed by atoms with Gasteiger partial charge in [0, 0.05) is 11.2 Å². The number of pyridine rings is 1. The van der Waals surface area contributed by atoms with Crippen molar-refractivity contribution in [3.8, 4) is 5.75 Å². The zero-order chi connectivity index (χ0) is 11.4. The Morgan fingerprint density at radius 3 is 2.88 bits per heavy atom. The lowest BCUT2D eigenvalue weighted by Crippen LogP contribution is -1.83. The molecule has 0 aliphatic rings. The molecule has 1 aromatic carbocycles. The topological polar surface area (TPSA) is 45.5 Å². The number of hydrogen-bond acceptors (Lipinski definition) is 3. The van der Waals surface area contributed by atoms with E-state index in [4.69, 9.17) is 11.6 Å². The molecule has 0 unspecified atom stereocenters. The summed E-state index contributed by atoms with van der Waals surface area (Å²) in [6.07, 6.45) is 3.25. The SMILES string of the molecule is Oc1ccc(Cl)cc1/N=C/c1ccccn1. The van der Waals surface area contributed by atoms with E-state index in [2.05, 4.69) is 9.98 Å². The summed E-state index contributed by atoms with van der Waals surface area (Å²) in [4.78, 5) is 8.20. The van der Waals surface area contributed by atoms with Crippen molar-refractivity contribution in [2.45, 2.75) is 0 Å². The van der Waals surface area contributed by atoms with E-state index in [-0.39, 0.29) is 5.75 Å². The molecule has 0 spiro atoms. The quantitative estimate of drug-likeness (QED) is 0.809. The van der Waals surface area contributed by atoms with Crippen LogP contribution in [0, 0.1) is 0 Å². The second-order valence-electron chi connectivity index (χ2n) is 3.15. The van der Waals surface area contributed by atoms with Gasteiger partial charge in [0.2, 0.25) is 0 Å². The third-order valence-electron chi connectivity index (χ3n) is 1.96. The number of phenolic OH excluding ortho intramolecular Hbond substituents is 1. The van der Waals surface area contributed by atoms with Crippen LogP contribution in [0.1, 0.15) is 5.69 Å². The Kier molecular flexibility index (Phi) is 3.17. The molecule has 0 bridgehead atoms. The number of halogens is 1. The van der Waals surface area contributed by atoms with Crippen LogP contribution in [0.3, 0.4) is 0 Å². The molecule has 0 saturated heterocycles. The van der Waals surface area contributed by atoms with Crippen LogP contribution >= 0.6 is 11.6 Å². The molecule has 1 N–H and O–H groups in total. The van der Waals surface area contributed by atoms with Crippen LogP contribution < -0.4 is 0 Å². The van der Waals surface area contributed by atoms with Crippen LogP contribution in [0.25, 0.3) is 0 Å². The third-order valence-corrected chi connectivity index (χ3v) is 2.20. The van der Waals surface area contributed by atoms with Crippen molar-refractivity contribution in [2.75, 3.05) is 0 Å². The zero-order valence-corrected chi connectivity index (χ0v) is 9.09. The highest BCUT2D eigenvalue weighted by atomic mass is 35.5. The van der Waals surface area contributed by atoms with Crippen LogP contribution in [0.15, 0.2) is 47.6 Å². The van der Waals surface area contributed by atoms with Crippen LogP contribution in [-0.2, 0) is 0 Å². The second kappa shape index (κ2) is 4.77. The van der Waals surface area contributed by atoms with Crippen molar-refractivity contribution in [1.82, 2.24) is 4.98 Å². The summed E-state index contributed by atoms with van der Waals surface area (Å²) in [5.41, 5.74) is 1.15. The normalized spacial score (nSPS) is 10.8. The fourth-order valence-corrected chi connectivity index (χ4v) is 1.35. The highest BCUT2D eigenvalue weighted by Crippen LogP contribution is 2.28. The summed E-state index contributed by atoms with van der Waals surface area (Å²) in [6, 6.07) is 10.2. The molecular formula is C12H9ClN2O. The molecule has 0 amide bonds. The van der Waals surface area contributed by atoms with Crippen molar-refractivity contribution in [3.63, 3.8) is 0 Å². The molecule has 0 aliphatic heterocycles. The minimum Gasteiger partial charge on any atom is -0.506 e. The Morgan fingerprint density at radius 2 is 2.12 bits per heavy atom. The van der Waals surface area contributed by atoms with Gasteiger partial charge in [-0.1, -0.05) is 17.7 Å². The van der Waals surface area contributed by atoms with Gasteiger partial charge in [0.15, 0.2) is 0 Å². The summed E-state index contributed by atoms with van der Waals surface area (Å²) in [6.45, 7) is 0. The van der Waals surface area contributed by atoms with E-state index in [0.29, 0.717) is 10.7 Å². The number of rotatable bonds is 2. The molecule has 16 heavy (non-hydrogen) atoms. The molecule has 2 rings (SSSR count). The van der Waals surface area contributed by atoms with Gasteiger partial charge in [-0.3, -0.25) is 9.98 Å². The highest BCUT2D eigenvalue weighted by Gasteiger charge is 1.99. The molecule has 2 aromatic rings. The number of hydrogen-bond donors (Lipinski definition) is 1. The standard InChI is InChI=1S/C12H9ClN2O/c13-9-4-5-12(16)11(7-9)15-8-10-3-1-2-6-14-10/h1-8,16H/b15-8+. The highest BCUT2D eigenvalue weighted by molar-refractivity contribution is 6.30. The molecule has 3 nitrogen and oxygen atoms in total. The van der Waals surface area contributed by atoms with Gasteiger partial charge in [-0.25, -0.2) is 0 Å². The van der Waals surface area contributed by atoms with Gasteiger partial charge in [-0.15, -0.1) is 0 Å². The van der Waals surface area contributed by atoms with Crippen molar-refractivity contribution >= 4 is 23.5 Å². The lowest BCUT2D eigenvalue weighted by molar-refractivity contribution is 0.477. The summed E-state index contributed by atoms with van der Waals surface area (Å²) in [7, 11) is 0. The predicted octanol–water partition coefficient (Wildman–Crippen LogP) is 3.19. The Balaban J connectivity index is 2.27. The van der Waals surface area contributed by atoms with Crippen LogP contribution in [0.4, 0.5) is 5.69 Å². The van der Waals surface area contributed by atoms with Crippen molar-refractivity contribution in [2.24, 2.45) is 4.99 Å². The van der Waals surface area contributed by atoms with E-state index in [1.807, 2.05) is 18.2 Å². The van der Waals surface area contributed by atoms with Gasteiger partial charge in [0.1, 0.15) is 11.4 Å². The Morgan fingerprint density at radius 1 is 1.25 bits per heavy atom. The van der Waals surface area contributed by atoms with Gasteiger partial charge >= 0.3 is 0 Å². The van der Waals surface area contributed by atoms with E-state index in [0.717, 1.165) is 5.69 Å². The van der Waals surface area contributed by atoms with E-state index in [1.54, 1.807) is 24.5 Å². The van der Waals surface area contributed by atoms with Crippen molar-refractivity contribution in [1.29, 1.82) is 0 Å². The summed E-state index contributed by atoms with van der Waals surface area (Å²) in [5, 5.41) is 10.1. The fraction of sp³-hybridized carbons (Fsp3) is 0. The lowest BCUT2D eigenvalue weighted by Gasteiger charge is -1.98. The number of benzene rings is 1. The maximum Gasteiger partial charge on any atom is 0.141 e. The minimum atomic E-state index is 0.0941. The number of nitrogens with zero attached hydrogens (tertiary/aromatic N) is 2. The Bertz CT molecular complexity index is 512. The second-order valence-corrected chi connectivity index (χ2v) is 3.58. The molecule has 0 atom stereocenters. The number of aromatic hydroxyl groups is 1. The van der Waals surface area contributed by atoms with E-state index < -0.39 is 0 Å². The first-order valence-electron chi connectivity index (χ1n) is 4.69. The van der Waals surface area contributed by atoms with Crippen LogP contribution in [-0.4, -0.2) is 16.3 Å². The first kappa shape index (κ1) is 10.6. The maximum atomic E-state index is 9.52. The number of aliphatic imine (C=N–C) groups is 1. The Hall–Kier alpha value is -1.87.